The molecule has 2 aliphatic rings. The number of nitrogens with two attached hydrogens (primary N) is 1. The molecule has 2 saturated carbocycles. The molecule has 2 fully saturated rings. The minimum atomic E-state index is 0.288. The standard InChI is InChI=1S/C17H25N3O/c1-2-20(16-8-9-16)17(21)12-19(15-6-7-15)11-13-4-3-5-14(18)10-13/h3-5,10,15-16H,2,6-9,11-12,18H2,1H3. The molecule has 2 aliphatic carbocycles. The van der Waals surface area contributed by atoms with Crippen LogP contribution in [0.5, 0.6) is 0 Å². The highest BCUT2D eigenvalue weighted by Gasteiger charge is 2.35. The van der Waals surface area contributed by atoms with E-state index in [0.717, 1.165) is 18.8 Å². The molecule has 2 N–H and O–H groups in total. The molecule has 1 aromatic rings. The Balaban J connectivity index is 1.63. The summed E-state index contributed by atoms with van der Waals surface area (Å²) in [6.45, 7) is 4.28. The number of likely N-dealkylation sites (N-methyl/N-ethyl adjacent to an activating group) is 1. The molecule has 3 rings (SSSR count). The molecule has 0 unspecified atom stereocenters. The van der Waals surface area contributed by atoms with Crippen molar-refractivity contribution >= 4 is 11.6 Å². The van der Waals surface area contributed by atoms with Gasteiger partial charge in [-0.1, -0.05) is 12.1 Å². The molecule has 0 spiro atoms. The Labute approximate surface area is 126 Å². The summed E-state index contributed by atoms with van der Waals surface area (Å²) >= 11 is 0. The van der Waals surface area contributed by atoms with Crippen LogP contribution in [0.1, 0.15) is 38.2 Å². The lowest BCUT2D eigenvalue weighted by Crippen LogP contribution is -2.42. The molecule has 1 amide bonds. The first-order chi connectivity index (χ1) is 10.2. The third-order valence-electron chi connectivity index (χ3n) is 4.39. The number of rotatable bonds is 7. The first kappa shape index (κ1) is 14.4. The van der Waals surface area contributed by atoms with Crippen molar-refractivity contribution in [2.45, 2.75) is 51.2 Å². The van der Waals surface area contributed by atoms with Gasteiger partial charge >= 0.3 is 0 Å². The number of amides is 1. The number of benzene rings is 1. The number of carbonyl (C=O) groups is 1. The van der Waals surface area contributed by atoms with E-state index in [-0.39, 0.29) is 5.91 Å². The van der Waals surface area contributed by atoms with Crippen molar-refractivity contribution in [3.63, 3.8) is 0 Å². The van der Waals surface area contributed by atoms with Crippen LogP contribution in [0.4, 0.5) is 5.69 Å². The zero-order valence-corrected chi connectivity index (χ0v) is 12.8. The van der Waals surface area contributed by atoms with Gasteiger partial charge in [-0.25, -0.2) is 0 Å². The number of anilines is 1. The second kappa shape index (κ2) is 6.06. The van der Waals surface area contributed by atoms with Gasteiger partial charge in [0.1, 0.15) is 0 Å². The van der Waals surface area contributed by atoms with Crippen molar-refractivity contribution in [3.05, 3.63) is 29.8 Å². The predicted molar refractivity (Wildman–Crippen MR) is 84.7 cm³/mol. The van der Waals surface area contributed by atoms with Gasteiger partial charge in [0.25, 0.3) is 0 Å². The highest BCUT2D eigenvalue weighted by atomic mass is 16.2. The number of nitrogen functional groups attached to an aromatic ring is 1. The second-order valence-electron chi connectivity index (χ2n) is 6.29. The summed E-state index contributed by atoms with van der Waals surface area (Å²) in [5.41, 5.74) is 7.84. The summed E-state index contributed by atoms with van der Waals surface area (Å²) < 4.78 is 0. The van der Waals surface area contributed by atoms with Crippen molar-refractivity contribution in [2.75, 3.05) is 18.8 Å². The molecule has 4 heteroatoms. The largest absolute Gasteiger partial charge is 0.399 e. The van der Waals surface area contributed by atoms with Crippen LogP contribution in [0.25, 0.3) is 0 Å². The van der Waals surface area contributed by atoms with Crippen molar-refractivity contribution in [3.8, 4) is 0 Å². The third-order valence-corrected chi connectivity index (χ3v) is 4.39. The number of nitrogens with zero attached hydrogens (tertiary/aromatic N) is 2. The van der Waals surface area contributed by atoms with Crippen molar-refractivity contribution in [2.24, 2.45) is 0 Å². The van der Waals surface area contributed by atoms with E-state index < -0.39 is 0 Å². The molecular weight excluding hydrogens is 262 g/mol. The summed E-state index contributed by atoms with van der Waals surface area (Å²) in [4.78, 5) is 16.9. The Bertz CT molecular complexity index is 509. The van der Waals surface area contributed by atoms with Crippen LogP contribution in [0.3, 0.4) is 0 Å². The maximum Gasteiger partial charge on any atom is 0.237 e. The van der Waals surface area contributed by atoms with E-state index in [2.05, 4.69) is 22.8 Å². The molecule has 0 bridgehead atoms. The van der Waals surface area contributed by atoms with E-state index in [9.17, 15) is 4.79 Å². The minimum Gasteiger partial charge on any atom is -0.399 e. The summed E-state index contributed by atoms with van der Waals surface area (Å²) in [6, 6.07) is 9.08. The van der Waals surface area contributed by atoms with Crippen LogP contribution in [-0.2, 0) is 11.3 Å². The molecule has 0 heterocycles. The second-order valence-corrected chi connectivity index (χ2v) is 6.29. The van der Waals surface area contributed by atoms with E-state index in [1.807, 2.05) is 18.2 Å². The minimum absolute atomic E-state index is 0.288. The van der Waals surface area contributed by atoms with Gasteiger partial charge in [0.15, 0.2) is 0 Å². The smallest absolute Gasteiger partial charge is 0.237 e. The van der Waals surface area contributed by atoms with Gasteiger partial charge in [0.2, 0.25) is 5.91 Å². The van der Waals surface area contributed by atoms with Gasteiger partial charge in [0, 0.05) is 30.9 Å². The van der Waals surface area contributed by atoms with Crippen LogP contribution in [0.2, 0.25) is 0 Å². The van der Waals surface area contributed by atoms with Crippen LogP contribution in [0.15, 0.2) is 24.3 Å². The number of hydrogen-bond acceptors (Lipinski definition) is 3. The average Bonchev–Trinajstić information content (AvgIpc) is 3.32. The van der Waals surface area contributed by atoms with Gasteiger partial charge in [0.05, 0.1) is 6.54 Å². The number of hydrogen-bond donors (Lipinski definition) is 1. The lowest BCUT2D eigenvalue weighted by Gasteiger charge is -2.27. The van der Waals surface area contributed by atoms with Crippen LogP contribution >= 0.6 is 0 Å². The quantitative estimate of drug-likeness (QED) is 0.783. The lowest BCUT2D eigenvalue weighted by atomic mass is 10.2. The van der Waals surface area contributed by atoms with Gasteiger partial charge in [-0.15, -0.1) is 0 Å². The predicted octanol–water partition coefficient (Wildman–Crippen LogP) is 2.24. The fourth-order valence-electron chi connectivity index (χ4n) is 2.97. The Morgan fingerprint density at radius 2 is 1.95 bits per heavy atom. The van der Waals surface area contributed by atoms with E-state index in [1.54, 1.807) is 0 Å². The lowest BCUT2D eigenvalue weighted by molar-refractivity contribution is -0.133. The maximum atomic E-state index is 12.5. The Hall–Kier alpha value is -1.55. The van der Waals surface area contributed by atoms with Gasteiger partial charge in [-0.2, -0.15) is 0 Å². The molecule has 0 atom stereocenters. The summed E-state index contributed by atoms with van der Waals surface area (Å²) in [5.74, 6) is 0.288. The first-order valence-corrected chi connectivity index (χ1v) is 8.05. The molecule has 0 saturated heterocycles. The topological polar surface area (TPSA) is 49.6 Å². The summed E-state index contributed by atoms with van der Waals surface area (Å²) in [7, 11) is 0. The third kappa shape index (κ3) is 3.76. The molecule has 0 radical (unpaired) electrons. The summed E-state index contributed by atoms with van der Waals surface area (Å²) in [6.07, 6.45) is 4.78. The molecule has 0 aliphatic heterocycles. The highest BCUT2D eigenvalue weighted by Crippen LogP contribution is 2.30. The van der Waals surface area contributed by atoms with Crippen molar-refractivity contribution in [1.29, 1.82) is 0 Å². The Morgan fingerprint density at radius 1 is 1.24 bits per heavy atom. The van der Waals surface area contributed by atoms with E-state index >= 15 is 0 Å². The van der Waals surface area contributed by atoms with Gasteiger partial charge in [-0.3, -0.25) is 9.69 Å². The molecule has 1 aromatic carbocycles. The fraction of sp³-hybridized carbons (Fsp3) is 0.588. The van der Waals surface area contributed by atoms with Crippen LogP contribution < -0.4 is 5.73 Å². The fourth-order valence-corrected chi connectivity index (χ4v) is 2.97. The molecule has 21 heavy (non-hydrogen) atoms. The summed E-state index contributed by atoms with van der Waals surface area (Å²) in [5, 5.41) is 0. The zero-order chi connectivity index (χ0) is 14.8. The molecule has 4 nitrogen and oxygen atoms in total. The highest BCUT2D eigenvalue weighted by molar-refractivity contribution is 5.79. The number of carbonyl (C=O) groups excluding carboxylic acids is 1. The molecular formula is C17H25N3O. The van der Waals surface area contributed by atoms with E-state index in [1.165, 1.54) is 31.2 Å². The van der Waals surface area contributed by atoms with Crippen molar-refractivity contribution < 1.29 is 4.79 Å². The molecule has 0 aromatic heterocycles. The van der Waals surface area contributed by atoms with Gasteiger partial charge < -0.3 is 10.6 Å². The first-order valence-electron chi connectivity index (χ1n) is 8.05. The van der Waals surface area contributed by atoms with E-state index in [0.29, 0.717) is 18.6 Å². The average molecular weight is 287 g/mol. The Kier molecular flexibility index (Phi) is 4.15. The van der Waals surface area contributed by atoms with Crippen LogP contribution in [-0.4, -0.2) is 40.9 Å². The van der Waals surface area contributed by atoms with Crippen molar-refractivity contribution in [1.82, 2.24) is 9.80 Å². The zero-order valence-electron chi connectivity index (χ0n) is 12.8. The normalized spacial score (nSPS) is 18.0. The maximum absolute atomic E-state index is 12.5. The Morgan fingerprint density at radius 3 is 2.52 bits per heavy atom. The SMILES string of the molecule is CCN(C(=O)CN(Cc1cccc(N)c1)C1CC1)C1CC1. The van der Waals surface area contributed by atoms with Gasteiger partial charge in [-0.05, 0) is 50.3 Å². The molecule has 114 valence electrons. The monoisotopic (exact) mass is 287 g/mol. The van der Waals surface area contributed by atoms with Crippen LogP contribution in [0, 0.1) is 0 Å². The van der Waals surface area contributed by atoms with E-state index in [4.69, 9.17) is 5.73 Å².